The summed E-state index contributed by atoms with van der Waals surface area (Å²) >= 11 is 1.39. The van der Waals surface area contributed by atoms with Gasteiger partial charge in [0, 0.05) is 42.2 Å². The number of aromatic nitrogens is 1. The first-order valence-electron chi connectivity index (χ1n) is 5.01. The van der Waals surface area contributed by atoms with E-state index in [0.29, 0.717) is 4.90 Å². The van der Waals surface area contributed by atoms with E-state index in [1.807, 2.05) is 25.1 Å². The average molecular weight is 482 g/mol. The van der Waals surface area contributed by atoms with Crippen molar-refractivity contribution in [3.05, 3.63) is 53.9 Å². The third-order valence-electron chi connectivity index (χ3n) is 2.23. The Hall–Kier alpha value is -0.758. The summed E-state index contributed by atoms with van der Waals surface area (Å²) in [6.07, 6.45) is 1.48. The van der Waals surface area contributed by atoms with E-state index in [2.05, 4.69) is 11.1 Å². The van der Waals surface area contributed by atoms with Gasteiger partial charge in [0.05, 0.1) is 0 Å². The molecule has 1 N–H and O–H groups in total. The molecule has 0 saturated heterocycles. The van der Waals surface area contributed by atoms with Gasteiger partial charge < -0.3 is 5.11 Å². The second kappa shape index (κ2) is 6.99. The van der Waals surface area contributed by atoms with Gasteiger partial charge in [-0.05, 0) is 12.1 Å². The van der Waals surface area contributed by atoms with Crippen molar-refractivity contribution in [1.82, 2.24) is 4.98 Å². The zero-order valence-electron chi connectivity index (χ0n) is 9.68. The molecule has 0 spiro atoms. The zero-order chi connectivity index (χ0) is 12.3. The number of benzene rings is 1. The maximum absolute atomic E-state index is 11.0. The van der Waals surface area contributed by atoms with Crippen LogP contribution in [0, 0.1) is 44.1 Å². The Morgan fingerprint density at radius 1 is 1.39 bits per heavy atom. The van der Waals surface area contributed by atoms with Crippen LogP contribution in [0.1, 0.15) is 16.1 Å². The Kier molecular flexibility index (Phi) is 5.94. The van der Waals surface area contributed by atoms with Gasteiger partial charge in [-0.25, -0.2) is 9.78 Å². The van der Waals surface area contributed by atoms with Crippen LogP contribution in [0.3, 0.4) is 0 Å². The molecular formula is C13H10NO2SU-. The van der Waals surface area contributed by atoms with Crippen molar-refractivity contribution in [3.63, 3.8) is 0 Å². The fraction of sp³-hybridized carbons (Fsp3) is 0.0769. The number of hydrogen-bond donors (Lipinski definition) is 1. The van der Waals surface area contributed by atoms with Crippen LogP contribution in [0.4, 0.5) is 0 Å². The van der Waals surface area contributed by atoms with Crippen LogP contribution in [-0.4, -0.2) is 16.1 Å². The van der Waals surface area contributed by atoms with E-state index < -0.39 is 5.97 Å². The van der Waals surface area contributed by atoms with Gasteiger partial charge in [0.2, 0.25) is 0 Å². The largest absolute Gasteiger partial charge is 0.476 e. The molecule has 0 radical (unpaired) electrons. The molecule has 5 heteroatoms. The third-order valence-corrected chi connectivity index (χ3v) is 3.43. The molecule has 0 aliphatic rings. The minimum absolute atomic E-state index is 0. The van der Waals surface area contributed by atoms with E-state index in [0.717, 1.165) is 10.5 Å². The van der Waals surface area contributed by atoms with Crippen molar-refractivity contribution in [2.75, 3.05) is 0 Å². The minimum Gasteiger partial charge on any atom is -0.476 e. The first kappa shape index (κ1) is 15.3. The summed E-state index contributed by atoms with van der Waals surface area (Å²) in [5.41, 5.74) is 1.18. The van der Waals surface area contributed by atoms with Gasteiger partial charge in [-0.15, -0.1) is 5.56 Å². The molecule has 0 atom stereocenters. The number of nitrogens with zero attached hydrogens (tertiary/aromatic N) is 1. The van der Waals surface area contributed by atoms with Crippen LogP contribution < -0.4 is 0 Å². The first-order chi connectivity index (χ1) is 8.18. The number of hydrogen-bond acceptors (Lipinski definition) is 3. The van der Waals surface area contributed by atoms with Gasteiger partial charge in [0.1, 0.15) is 0 Å². The van der Waals surface area contributed by atoms with Crippen LogP contribution in [-0.2, 0) is 0 Å². The molecule has 0 aliphatic carbocycles. The van der Waals surface area contributed by atoms with Crippen LogP contribution in [0.25, 0.3) is 0 Å². The van der Waals surface area contributed by atoms with E-state index in [-0.39, 0.29) is 36.8 Å². The molecule has 0 bridgehead atoms. The zero-order valence-corrected chi connectivity index (χ0v) is 14.7. The predicted octanol–water partition coefficient (Wildman–Crippen LogP) is 3.04. The van der Waals surface area contributed by atoms with Crippen LogP contribution >= 0.6 is 11.8 Å². The molecular weight excluding hydrogens is 472 g/mol. The maximum atomic E-state index is 11.0. The van der Waals surface area contributed by atoms with Crippen molar-refractivity contribution < 1.29 is 41.0 Å². The molecule has 0 aliphatic heterocycles. The standard InChI is InChI=1S/C13H10NO2S.U/c1-9-5-2-3-6-10(9)17-11-7-4-8-14-12(11)13(15)16;/h2,4-8H,1H3,(H,15,16);/q-1;. The van der Waals surface area contributed by atoms with Gasteiger partial charge >= 0.3 is 5.97 Å². The number of aromatic carboxylic acids is 1. The SMILES string of the molecule is Cc1cc[c-]cc1Sc1cccnc1C(=O)O.[U]. The van der Waals surface area contributed by atoms with Crippen LogP contribution in [0.2, 0.25) is 0 Å². The molecule has 18 heavy (non-hydrogen) atoms. The molecule has 1 heterocycles. The Bertz CT molecular complexity index is 560. The van der Waals surface area contributed by atoms with Crippen molar-refractivity contribution in [1.29, 1.82) is 0 Å². The van der Waals surface area contributed by atoms with E-state index in [1.54, 1.807) is 12.1 Å². The summed E-state index contributed by atoms with van der Waals surface area (Å²) in [5.74, 6) is -1.01. The summed E-state index contributed by atoms with van der Waals surface area (Å²) in [6.45, 7) is 1.98. The molecule has 2 rings (SSSR count). The monoisotopic (exact) mass is 482 g/mol. The average Bonchev–Trinajstić information content (AvgIpc) is 2.32. The van der Waals surface area contributed by atoms with E-state index in [4.69, 9.17) is 5.11 Å². The molecule has 0 fully saturated rings. The van der Waals surface area contributed by atoms with Gasteiger partial charge in [-0.3, -0.25) is 0 Å². The van der Waals surface area contributed by atoms with Crippen molar-refractivity contribution in [3.8, 4) is 0 Å². The number of aryl methyl sites for hydroxylation is 1. The van der Waals surface area contributed by atoms with Gasteiger partial charge in [-0.2, -0.15) is 36.0 Å². The third kappa shape index (κ3) is 3.62. The smallest absolute Gasteiger partial charge is 0.355 e. The summed E-state index contributed by atoms with van der Waals surface area (Å²) < 4.78 is 0. The van der Waals surface area contributed by atoms with Gasteiger partial charge in [-0.1, -0.05) is 11.8 Å². The van der Waals surface area contributed by atoms with Crippen LogP contribution in [0.5, 0.6) is 0 Å². The van der Waals surface area contributed by atoms with Gasteiger partial charge in [0.25, 0.3) is 0 Å². The summed E-state index contributed by atoms with van der Waals surface area (Å²) in [7, 11) is 0. The molecule has 1 aromatic carbocycles. The van der Waals surface area contributed by atoms with E-state index in [1.165, 1.54) is 18.0 Å². The quantitative estimate of drug-likeness (QED) is 0.684. The minimum atomic E-state index is -1.01. The number of pyridine rings is 1. The molecule has 1 aromatic heterocycles. The Balaban J connectivity index is 0.00000162. The number of rotatable bonds is 3. The first-order valence-corrected chi connectivity index (χ1v) is 5.83. The predicted molar refractivity (Wildman–Crippen MR) is 65.3 cm³/mol. The molecule has 0 amide bonds. The van der Waals surface area contributed by atoms with E-state index in [9.17, 15) is 4.79 Å². The molecule has 3 nitrogen and oxygen atoms in total. The second-order valence-electron chi connectivity index (χ2n) is 3.45. The molecule has 2 aromatic rings. The molecule has 0 saturated carbocycles. The fourth-order valence-corrected chi connectivity index (χ4v) is 2.33. The van der Waals surface area contributed by atoms with Crippen molar-refractivity contribution >= 4 is 17.7 Å². The van der Waals surface area contributed by atoms with Crippen molar-refractivity contribution in [2.24, 2.45) is 0 Å². The Morgan fingerprint density at radius 2 is 2.17 bits per heavy atom. The van der Waals surface area contributed by atoms with Gasteiger partial charge in [0.15, 0.2) is 5.69 Å². The molecule has 0 unspecified atom stereocenters. The van der Waals surface area contributed by atoms with Crippen LogP contribution in [0.15, 0.2) is 46.3 Å². The number of carbonyl (C=O) groups is 1. The van der Waals surface area contributed by atoms with E-state index >= 15 is 0 Å². The fourth-order valence-electron chi connectivity index (χ4n) is 1.35. The maximum Gasteiger partial charge on any atom is 0.355 e. The normalized spacial score (nSPS) is 9.61. The summed E-state index contributed by atoms with van der Waals surface area (Å²) in [4.78, 5) is 16.5. The summed E-state index contributed by atoms with van der Waals surface area (Å²) in [6, 6.07) is 12.1. The van der Waals surface area contributed by atoms with Crippen molar-refractivity contribution in [2.45, 2.75) is 16.7 Å². The topological polar surface area (TPSA) is 50.2 Å². The number of carboxylic acid groups (broad SMARTS) is 1. The summed E-state index contributed by atoms with van der Waals surface area (Å²) in [5, 5.41) is 9.03. The Labute approximate surface area is 133 Å². The number of carboxylic acids is 1. The molecule has 90 valence electrons. The second-order valence-corrected chi connectivity index (χ2v) is 4.53. The Morgan fingerprint density at radius 3 is 2.83 bits per heavy atom.